The SMILES string of the molecule is Cc1c(O[C@@H]2CCC[C@H](N3CCCCC3)C2)ccc2[nH]ncc12. The molecule has 0 unspecified atom stereocenters. The Morgan fingerprint density at radius 3 is 2.87 bits per heavy atom. The van der Waals surface area contributed by atoms with Crippen LogP contribution in [0.3, 0.4) is 0 Å². The third kappa shape index (κ3) is 3.09. The van der Waals surface area contributed by atoms with Crippen LogP contribution in [-0.4, -0.2) is 40.3 Å². The summed E-state index contributed by atoms with van der Waals surface area (Å²) < 4.78 is 6.42. The Bertz CT molecular complexity index is 660. The van der Waals surface area contributed by atoms with Crippen molar-refractivity contribution in [2.45, 2.75) is 64.0 Å². The van der Waals surface area contributed by atoms with Crippen molar-refractivity contribution in [3.63, 3.8) is 0 Å². The van der Waals surface area contributed by atoms with Gasteiger partial charge in [-0.25, -0.2) is 0 Å². The molecule has 2 fully saturated rings. The third-order valence-electron chi connectivity index (χ3n) is 5.64. The van der Waals surface area contributed by atoms with E-state index < -0.39 is 0 Å². The summed E-state index contributed by atoms with van der Waals surface area (Å²) in [6, 6.07) is 4.91. The van der Waals surface area contributed by atoms with Crippen LogP contribution >= 0.6 is 0 Å². The van der Waals surface area contributed by atoms with E-state index in [1.54, 1.807) is 0 Å². The molecule has 1 aromatic carbocycles. The van der Waals surface area contributed by atoms with Gasteiger partial charge in [0.15, 0.2) is 0 Å². The molecule has 23 heavy (non-hydrogen) atoms. The fourth-order valence-corrected chi connectivity index (χ4v) is 4.29. The summed E-state index contributed by atoms with van der Waals surface area (Å²) >= 11 is 0. The molecule has 124 valence electrons. The first-order chi connectivity index (χ1) is 11.3. The highest BCUT2D eigenvalue weighted by atomic mass is 16.5. The number of benzene rings is 1. The summed E-state index contributed by atoms with van der Waals surface area (Å²) in [5, 5.41) is 8.34. The molecule has 0 amide bonds. The highest BCUT2D eigenvalue weighted by molar-refractivity contribution is 5.83. The van der Waals surface area contributed by atoms with Crippen LogP contribution < -0.4 is 4.74 Å². The van der Waals surface area contributed by atoms with Crippen molar-refractivity contribution in [1.29, 1.82) is 0 Å². The zero-order valence-corrected chi connectivity index (χ0v) is 14.1. The van der Waals surface area contributed by atoms with Crippen LogP contribution in [0.2, 0.25) is 0 Å². The lowest BCUT2D eigenvalue weighted by atomic mass is 9.90. The van der Waals surface area contributed by atoms with Gasteiger partial charge < -0.3 is 9.64 Å². The first-order valence-electron chi connectivity index (χ1n) is 9.14. The van der Waals surface area contributed by atoms with E-state index in [1.807, 2.05) is 6.20 Å². The number of aryl methyl sites for hydroxylation is 1. The van der Waals surface area contributed by atoms with Crippen LogP contribution in [0, 0.1) is 6.92 Å². The van der Waals surface area contributed by atoms with E-state index in [4.69, 9.17) is 4.74 Å². The van der Waals surface area contributed by atoms with Crippen molar-refractivity contribution in [3.8, 4) is 5.75 Å². The average molecular weight is 313 g/mol. The predicted molar refractivity (Wildman–Crippen MR) is 92.9 cm³/mol. The average Bonchev–Trinajstić information content (AvgIpc) is 3.08. The molecule has 0 spiro atoms. The number of hydrogen-bond acceptors (Lipinski definition) is 3. The second kappa shape index (κ2) is 6.52. The molecular weight excluding hydrogens is 286 g/mol. The fraction of sp³-hybridized carbons (Fsp3) is 0.632. The first kappa shape index (κ1) is 15.0. The lowest BCUT2D eigenvalue weighted by molar-refractivity contribution is 0.0654. The Labute approximate surface area is 138 Å². The van der Waals surface area contributed by atoms with Gasteiger partial charge >= 0.3 is 0 Å². The van der Waals surface area contributed by atoms with Gasteiger partial charge in [-0.1, -0.05) is 6.42 Å². The molecule has 4 nitrogen and oxygen atoms in total. The number of aromatic nitrogens is 2. The minimum atomic E-state index is 0.360. The molecule has 1 aliphatic heterocycles. The quantitative estimate of drug-likeness (QED) is 0.929. The van der Waals surface area contributed by atoms with Crippen LogP contribution in [0.25, 0.3) is 10.9 Å². The molecule has 4 rings (SSSR count). The number of nitrogens with one attached hydrogen (secondary N) is 1. The Balaban J connectivity index is 1.45. The molecule has 1 aliphatic carbocycles. The van der Waals surface area contributed by atoms with Gasteiger partial charge in [-0.2, -0.15) is 5.10 Å². The molecule has 2 aliphatic rings. The highest BCUT2D eigenvalue weighted by Gasteiger charge is 2.28. The molecule has 1 saturated heterocycles. The van der Waals surface area contributed by atoms with Gasteiger partial charge in [0, 0.05) is 17.0 Å². The number of hydrogen-bond donors (Lipinski definition) is 1. The van der Waals surface area contributed by atoms with Gasteiger partial charge in [-0.15, -0.1) is 0 Å². The minimum Gasteiger partial charge on any atom is -0.490 e. The number of ether oxygens (including phenoxy) is 1. The standard InChI is InChI=1S/C19H27N3O/c1-14-17-13-20-21-18(17)8-9-19(14)23-16-7-5-6-15(12-16)22-10-3-2-4-11-22/h8-9,13,15-16H,2-7,10-12H2,1H3,(H,20,21)/t15-,16+/m0/s1. The largest absolute Gasteiger partial charge is 0.490 e. The predicted octanol–water partition coefficient (Wildman–Crippen LogP) is 4.05. The molecule has 2 atom stereocenters. The summed E-state index contributed by atoms with van der Waals surface area (Å²) in [6.45, 7) is 4.72. The van der Waals surface area contributed by atoms with Crippen LogP contribution in [0.15, 0.2) is 18.3 Å². The van der Waals surface area contributed by atoms with Crippen LogP contribution in [0.5, 0.6) is 5.75 Å². The van der Waals surface area contributed by atoms with Gasteiger partial charge in [0.25, 0.3) is 0 Å². The lowest BCUT2D eigenvalue weighted by Gasteiger charge is -2.39. The Morgan fingerprint density at radius 1 is 1.13 bits per heavy atom. The van der Waals surface area contributed by atoms with Crippen molar-refractivity contribution >= 4 is 10.9 Å². The summed E-state index contributed by atoms with van der Waals surface area (Å²) in [6.07, 6.45) is 11.4. The number of piperidine rings is 1. The zero-order valence-electron chi connectivity index (χ0n) is 14.1. The number of fused-ring (bicyclic) bond motifs is 1. The maximum atomic E-state index is 6.42. The van der Waals surface area contributed by atoms with E-state index in [-0.39, 0.29) is 0 Å². The fourth-order valence-electron chi connectivity index (χ4n) is 4.29. The molecule has 1 aromatic heterocycles. The molecule has 0 radical (unpaired) electrons. The van der Waals surface area contributed by atoms with Gasteiger partial charge in [-0.3, -0.25) is 5.10 Å². The molecule has 2 aromatic rings. The molecule has 0 bridgehead atoms. The number of likely N-dealkylation sites (tertiary alicyclic amines) is 1. The zero-order chi connectivity index (χ0) is 15.6. The van der Waals surface area contributed by atoms with Gasteiger partial charge in [0.1, 0.15) is 11.9 Å². The number of rotatable bonds is 3. The van der Waals surface area contributed by atoms with Gasteiger partial charge in [0.05, 0.1) is 11.7 Å². The van der Waals surface area contributed by atoms with Crippen LogP contribution in [-0.2, 0) is 0 Å². The number of H-pyrrole nitrogens is 1. The first-order valence-corrected chi connectivity index (χ1v) is 9.14. The van der Waals surface area contributed by atoms with E-state index in [9.17, 15) is 0 Å². The number of aromatic amines is 1. The van der Waals surface area contributed by atoms with Crippen LogP contribution in [0.4, 0.5) is 0 Å². The Kier molecular flexibility index (Phi) is 4.25. The normalized spacial score (nSPS) is 26.5. The maximum Gasteiger partial charge on any atom is 0.123 e. The topological polar surface area (TPSA) is 41.1 Å². The minimum absolute atomic E-state index is 0.360. The van der Waals surface area contributed by atoms with E-state index in [0.29, 0.717) is 6.10 Å². The van der Waals surface area contributed by atoms with Crippen molar-refractivity contribution in [3.05, 3.63) is 23.9 Å². The van der Waals surface area contributed by atoms with E-state index >= 15 is 0 Å². The summed E-state index contributed by atoms with van der Waals surface area (Å²) in [4.78, 5) is 2.71. The van der Waals surface area contributed by atoms with E-state index in [0.717, 1.165) is 17.3 Å². The molecule has 1 N–H and O–H groups in total. The Morgan fingerprint density at radius 2 is 2.00 bits per heavy atom. The monoisotopic (exact) mass is 313 g/mol. The van der Waals surface area contributed by atoms with E-state index in [2.05, 4.69) is 34.2 Å². The van der Waals surface area contributed by atoms with Crippen molar-refractivity contribution < 1.29 is 4.74 Å². The molecular formula is C19H27N3O. The van der Waals surface area contributed by atoms with E-state index in [1.165, 1.54) is 69.0 Å². The second-order valence-corrected chi connectivity index (χ2v) is 7.18. The van der Waals surface area contributed by atoms with Gasteiger partial charge in [0.2, 0.25) is 0 Å². The highest BCUT2D eigenvalue weighted by Crippen LogP contribution is 2.31. The van der Waals surface area contributed by atoms with Crippen molar-refractivity contribution in [2.75, 3.05) is 13.1 Å². The Hall–Kier alpha value is -1.55. The molecule has 4 heteroatoms. The maximum absolute atomic E-state index is 6.42. The second-order valence-electron chi connectivity index (χ2n) is 7.18. The summed E-state index contributed by atoms with van der Waals surface area (Å²) in [5.74, 6) is 1.03. The summed E-state index contributed by atoms with van der Waals surface area (Å²) in [7, 11) is 0. The lowest BCUT2D eigenvalue weighted by Crippen LogP contribution is -2.44. The third-order valence-corrected chi connectivity index (χ3v) is 5.64. The number of nitrogens with zero attached hydrogens (tertiary/aromatic N) is 2. The van der Waals surface area contributed by atoms with Crippen molar-refractivity contribution in [2.24, 2.45) is 0 Å². The van der Waals surface area contributed by atoms with Crippen molar-refractivity contribution in [1.82, 2.24) is 15.1 Å². The van der Waals surface area contributed by atoms with Crippen LogP contribution in [0.1, 0.15) is 50.5 Å². The molecule has 2 heterocycles. The summed E-state index contributed by atoms with van der Waals surface area (Å²) in [5.41, 5.74) is 2.29. The van der Waals surface area contributed by atoms with Gasteiger partial charge in [-0.05, 0) is 70.7 Å². The smallest absolute Gasteiger partial charge is 0.123 e. The molecule has 1 saturated carbocycles.